The number of nitrogens with zero attached hydrogens (tertiary/aromatic N) is 1. The molecule has 1 saturated heterocycles. The molecular formula is C35H38N4O4. The maximum atomic E-state index is 12.7. The molecule has 0 aliphatic carbocycles. The van der Waals surface area contributed by atoms with Crippen molar-refractivity contribution < 1.29 is 19.4 Å². The second kappa shape index (κ2) is 15.0. The van der Waals surface area contributed by atoms with Crippen LogP contribution in [0.5, 0.6) is 5.75 Å². The molecule has 43 heavy (non-hydrogen) atoms. The van der Waals surface area contributed by atoms with E-state index in [1.807, 2.05) is 91.0 Å². The number of rotatable bonds is 11. The van der Waals surface area contributed by atoms with Crippen LogP contribution in [-0.4, -0.2) is 54.3 Å². The van der Waals surface area contributed by atoms with Gasteiger partial charge in [0.2, 0.25) is 0 Å². The predicted molar refractivity (Wildman–Crippen MR) is 169 cm³/mol. The number of hydrogen-bond donors (Lipinski definition) is 4. The standard InChI is InChI=1S/C35H38N4O4/c40-30-16-12-27(13-17-30)25-36-24-26-10-14-29(15-11-26)34(41)37-20-23-39-21-18-31(19-22-39)43-35(42)38-33-9-5-4-8-32(33)28-6-2-1-3-7-28/h1-17,31,36,40H,18-25H2,(H,37,41)(H,38,42). The van der Waals surface area contributed by atoms with Gasteiger partial charge in [-0.3, -0.25) is 10.1 Å². The van der Waals surface area contributed by atoms with Gasteiger partial charge in [0.1, 0.15) is 11.9 Å². The summed E-state index contributed by atoms with van der Waals surface area (Å²) < 4.78 is 5.74. The lowest BCUT2D eigenvalue weighted by atomic mass is 10.0. The highest BCUT2D eigenvalue weighted by Gasteiger charge is 2.22. The van der Waals surface area contributed by atoms with Crippen molar-refractivity contribution in [2.24, 2.45) is 0 Å². The van der Waals surface area contributed by atoms with Gasteiger partial charge in [-0.25, -0.2) is 4.79 Å². The molecule has 2 amide bonds. The van der Waals surface area contributed by atoms with E-state index in [2.05, 4.69) is 20.9 Å². The molecule has 0 atom stereocenters. The maximum absolute atomic E-state index is 12.7. The molecule has 1 aliphatic heterocycles. The van der Waals surface area contributed by atoms with E-state index < -0.39 is 6.09 Å². The fraction of sp³-hybridized carbons (Fsp3) is 0.257. The zero-order valence-electron chi connectivity index (χ0n) is 24.2. The van der Waals surface area contributed by atoms with Gasteiger partial charge in [0.15, 0.2) is 0 Å². The first-order valence-corrected chi connectivity index (χ1v) is 14.7. The van der Waals surface area contributed by atoms with E-state index in [0.29, 0.717) is 25.2 Å². The summed E-state index contributed by atoms with van der Waals surface area (Å²) in [6.45, 7) is 4.29. The molecule has 0 spiro atoms. The lowest BCUT2D eigenvalue weighted by molar-refractivity contribution is 0.0587. The number of carbonyl (C=O) groups is 2. The molecule has 8 nitrogen and oxygen atoms in total. The first-order chi connectivity index (χ1) is 21.0. The van der Waals surface area contributed by atoms with Gasteiger partial charge >= 0.3 is 6.09 Å². The van der Waals surface area contributed by atoms with Crippen molar-refractivity contribution >= 4 is 17.7 Å². The van der Waals surface area contributed by atoms with Crippen LogP contribution in [0.1, 0.15) is 34.3 Å². The Morgan fingerprint density at radius 3 is 2.12 bits per heavy atom. The van der Waals surface area contributed by atoms with Gasteiger partial charge in [0.25, 0.3) is 5.91 Å². The largest absolute Gasteiger partial charge is 0.508 e. The van der Waals surface area contributed by atoms with Gasteiger partial charge < -0.3 is 25.4 Å². The van der Waals surface area contributed by atoms with Crippen LogP contribution in [-0.2, 0) is 17.8 Å². The van der Waals surface area contributed by atoms with Gasteiger partial charge in [-0.2, -0.15) is 0 Å². The van der Waals surface area contributed by atoms with Gasteiger partial charge in [0.05, 0.1) is 5.69 Å². The Bertz CT molecular complexity index is 1470. The van der Waals surface area contributed by atoms with Crippen molar-refractivity contribution in [2.75, 3.05) is 31.5 Å². The van der Waals surface area contributed by atoms with Crippen molar-refractivity contribution in [3.63, 3.8) is 0 Å². The van der Waals surface area contributed by atoms with Crippen LogP contribution in [0, 0.1) is 0 Å². The molecule has 222 valence electrons. The first kappa shape index (κ1) is 29.8. The molecule has 4 aromatic rings. The molecule has 4 aromatic carbocycles. The predicted octanol–water partition coefficient (Wildman–Crippen LogP) is 5.79. The van der Waals surface area contributed by atoms with Crippen LogP contribution in [0.3, 0.4) is 0 Å². The van der Waals surface area contributed by atoms with E-state index in [9.17, 15) is 14.7 Å². The molecule has 4 N–H and O–H groups in total. The average Bonchev–Trinajstić information content (AvgIpc) is 3.04. The van der Waals surface area contributed by atoms with Gasteiger partial charge in [0, 0.05) is 50.4 Å². The summed E-state index contributed by atoms with van der Waals surface area (Å²) in [6.07, 6.45) is 0.936. The van der Waals surface area contributed by atoms with Gasteiger partial charge in [-0.1, -0.05) is 72.8 Å². The van der Waals surface area contributed by atoms with E-state index in [0.717, 1.165) is 60.4 Å². The zero-order chi connectivity index (χ0) is 29.9. The number of ether oxygens (including phenoxy) is 1. The second-order valence-corrected chi connectivity index (χ2v) is 10.7. The lowest BCUT2D eigenvalue weighted by Crippen LogP contribution is -2.42. The fourth-order valence-corrected chi connectivity index (χ4v) is 5.17. The number of benzene rings is 4. The highest BCUT2D eigenvalue weighted by molar-refractivity contribution is 5.94. The van der Waals surface area contributed by atoms with Crippen LogP contribution in [0.2, 0.25) is 0 Å². The quantitative estimate of drug-likeness (QED) is 0.180. The van der Waals surface area contributed by atoms with E-state index in [1.54, 1.807) is 12.1 Å². The van der Waals surface area contributed by atoms with Crippen molar-refractivity contribution in [3.05, 3.63) is 120 Å². The number of anilines is 1. The Labute approximate surface area is 252 Å². The van der Waals surface area contributed by atoms with Gasteiger partial charge in [-0.15, -0.1) is 0 Å². The summed E-state index contributed by atoms with van der Waals surface area (Å²) in [5.74, 6) is 0.171. The summed E-state index contributed by atoms with van der Waals surface area (Å²) in [5, 5.41) is 18.7. The smallest absolute Gasteiger partial charge is 0.411 e. The summed E-state index contributed by atoms with van der Waals surface area (Å²) >= 11 is 0. The molecule has 1 heterocycles. The number of hydrogen-bond acceptors (Lipinski definition) is 6. The highest BCUT2D eigenvalue weighted by atomic mass is 16.6. The third-order valence-corrected chi connectivity index (χ3v) is 7.58. The number of carbonyl (C=O) groups excluding carboxylic acids is 2. The lowest BCUT2D eigenvalue weighted by Gasteiger charge is -2.31. The van der Waals surface area contributed by atoms with E-state index in [-0.39, 0.29) is 17.8 Å². The molecule has 0 unspecified atom stereocenters. The number of piperidine rings is 1. The molecule has 1 fully saturated rings. The number of para-hydroxylation sites is 1. The number of amides is 2. The maximum Gasteiger partial charge on any atom is 0.411 e. The summed E-state index contributed by atoms with van der Waals surface area (Å²) in [7, 11) is 0. The number of aromatic hydroxyl groups is 1. The van der Waals surface area contributed by atoms with E-state index in [1.165, 1.54) is 0 Å². The summed E-state index contributed by atoms with van der Waals surface area (Å²) in [6, 6.07) is 32.4. The summed E-state index contributed by atoms with van der Waals surface area (Å²) in [5.41, 5.74) is 5.53. The molecule has 5 rings (SSSR count). The second-order valence-electron chi connectivity index (χ2n) is 10.7. The molecule has 0 bridgehead atoms. The minimum absolute atomic E-state index is 0.0886. The normalized spacial score (nSPS) is 13.8. The van der Waals surface area contributed by atoms with Crippen LogP contribution in [0.25, 0.3) is 11.1 Å². The number of phenols is 1. The van der Waals surface area contributed by atoms with Crippen molar-refractivity contribution in [1.82, 2.24) is 15.5 Å². The van der Waals surface area contributed by atoms with Crippen molar-refractivity contribution in [1.29, 1.82) is 0 Å². The monoisotopic (exact) mass is 578 g/mol. The Morgan fingerprint density at radius 2 is 1.42 bits per heavy atom. The minimum atomic E-state index is -0.437. The number of nitrogens with one attached hydrogen (secondary N) is 3. The van der Waals surface area contributed by atoms with Crippen LogP contribution >= 0.6 is 0 Å². The molecule has 8 heteroatoms. The molecule has 1 aliphatic rings. The Kier molecular flexibility index (Phi) is 10.4. The molecular weight excluding hydrogens is 540 g/mol. The topological polar surface area (TPSA) is 103 Å². The third-order valence-electron chi connectivity index (χ3n) is 7.58. The third kappa shape index (κ3) is 8.91. The highest BCUT2D eigenvalue weighted by Crippen LogP contribution is 2.28. The first-order valence-electron chi connectivity index (χ1n) is 14.7. The van der Waals surface area contributed by atoms with E-state index >= 15 is 0 Å². The van der Waals surface area contributed by atoms with Crippen LogP contribution in [0.15, 0.2) is 103 Å². The Balaban J connectivity index is 0.980. The summed E-state index contributed by atoms with van der Waals surface area (Å²) in [4.78, 5) is 27.6. The molecule has 0 radical (unpaired) electrons. The number of likely N-dealkylation sites (tertiary alicyclic amines) is 1. The average molecular weight is 579 g/mol. The SMILES string of the molecule is O=C(Nc1ccccc1-c1ccccc1)OC1CCN(CCNC(=O)c2ccc(CNCc3ccc(O)cc3)cc2)CC1. The fourth-order valence-electron chi connectivity index (χ4n) is 5.17. The Morgan fingerprint density at radius 1 is 0.791 bits per heavy atom. The molecule has 0 saturated carbocycles. The number of phenolic OH excluding ortho intramolecular Hbond substituents is 1. The molecule has 0 aromatic heterocycles. The Hall–Kier alpha value is -4.66. The zero-order valence-corrected chi connectivity index (χ0v) is 24.2. The minimum Gasteiger partial charge on any atom is -0.508 e. The van der Waals surface area contributed by atoms with Crippen LogP contribution < -0.4 is 16.0 Å². The van der Waals surface area contributed by atoms with E-state index in [4.69, 9.17) is 4.74 Å². The van der Waals surface area contributed by atoms with Crippen LogP contribution in [0.4, 0.5) is 10.5 Å². The van der Waals surface area contributed by atoms with Crippen molar-refractivity contribution in [2.45, 2.75) is 32.0 Å². The van der Waals surface area contributed by atoms with Crippen molar-refractivity contribution in [3.8, 4) is 16.9 Å². The van der Waals surface area contributed by atoms with Gasteiger partial charge in [-0.05, 0) is 59.9 Å².